The third kappa shape index (κ3) is 7.34. The zero-order chi connectivity index (χ0) is 25.8. The lowest BCUT2D eigenvalue weighted by Crippen LogP contribution is -2.53. The van der Waals surface area contributed by atoms with Crippen LogP contribution >= 0.6 is 0 Å². The Morgan fingerprint density at radius 1 is 1.17 bits per heavy atom. The predicted octanol–water partition coefficient (Wildman–Crippen LogP) is 5.37. The van der Waals surface area contributed by atoms with Gasteiger partial charge in [0.15, 0.2) is 0 Å². The highest BCUT2D eigenvalue weighted by atomic mass is 19.1. The maximum Gasteiger partial charge on any atom is 0.217 e. The molecule has 3 N–H and O–H groups in total. The topological polar surface area (TPSA) is 61.4 Å². The van der Waals surface area contributed by atoms with Gasteiger partial charge in [-0.25, -0.2) is 8.78 Å². The van der Waals surface area contributed by atoms with Crippen molar-refractivity contribution in [1.29, 1.82) is 0 Å². The Kier molecular flexibility index (Phi) is 8.71. The van der Waals surface area contributed by atoms with E-state index in [1.807, 2.05) is 0 Å². The molecular formula is C29H40F2N2O2. The van der Waals surface area contributed by atoms with Gasteiger partial charge in [0.1, 0.15) is 11.6 Å². The summed E-state index contributed by atoms with van der Waals surface area (Å²) in [5, 5.41) is 17.6. The van der Waals surface area contributed by atoms with Crippen molar-refractivity contribution in [2.45, 2.75) is 89.8 Å². The van der Waals surface area contributed by atoms with Gasteiger partial charge in [-0.3, -0.25) is 4.79 Å². The molecule has 1 aliphatic carbocycles. The summed E-state index contributed by atoms with van der Waals surface area (Å²) in [7, 11) is 0. The molecule has 4 nitrogen and oxygen atoms in total. The van der Waals surface area contributed by atoms with Crippen LogP contribution in [0.4, 0.5) is 8.78 Å². The summed E-state index contributed by atoms with van der Waals surface area (Å²) < 4.78 is 27.4. The first-order chi connectivity index (χ1) is 16.4. The van der Waals surface area contributed by atoms with Gasteiger partial charge in [-0.2, -0.15) is 0 Å². The second-order valence-corrected chi connectivity index (χ2v) is 11.4. The molecular weight excluding hydrogens is 446 g/mol. The average Bonchev–Trinajstić information content (AvgIpc) is 2.75. The van der Waals surface area contributed by atoms with E-state index >= 15 is 0 Å². The normalized spacial score (nSPS) is 22.5. The molecule has 2 aromatic carbocycles. The second kappa shape index (κ2) is 11.2. The number of halogens is 2. The van der Waals surface area contributed by atoms with Gasteiger partial charge in [0.05, 0.1) is 12.1 Å². The van der Waals surface area contributed by atoms with E-state index in [0.717, 1.165) is 25.3 Å². The van der Waals surface area contributed by atoms with Crippen molar-refractivity contribution < 1.29 is 18.7 Å². The van der Waals surface area contributed by atoms with Crippen LogP contribution in [0.15, 0.2) is 42.5 Å². The highest BCUT2D eigenvalue weighted by molar-refractivity contribution is 5.73. The van der Waals surface area contributed by atoms with E-state index in [2.05, 4.69) is 62.6 Å². The lowest BCUT2D eigenvalue weighted by Gasteiger charge is -2.43. The smallest absolute Gasteiger partial charge is 0.217 e. The number of rotatable bonds is 8. The Morgan fingerprint density at radius 3 is 2.46 bits per heavy atom. The van der Waals surface area contributed by atoms with Crippen LogP contribution in [0.2, 0.25) is 0 Å². The van der Waals surface area contributed by atoms with Gasteiger partial charge in [-0.15, -0.1) is 0 Å². The molecule has 1 fully saturated rings. The van der Waals surface area contributed by atoms with Crippen LogP contribution in [-0.4, -0.2) is 29.7 Å². The Bertz CT molecular complexity index is 1000. The fraction of sp³-hybridized carbons (Fsp3) is 0.552. The molecule has 0 radical (unpaired) electrons. The lowest BCUT2D eigenvalue weighted by molar-refractivity contribution is -0.120. The number of nitrogens with one attached hydrogen (secondary N) is 2. The lowest BCUT2D eigenvalue weighted by atomic mass is 9.71. The summed E-state index contributed by atoms with van der Waals surface area (Å²) in [5.41, 5.74) is 2.60. The second-order valence-electron chi connectivity index (χ2n) is 11.4. The third-order valence-electron chi connectivity index (χ3n) is 7.16. The number of carbonyl (C=O) groups excluding carboxylic acids is 1. The van der Waals surface area contributed by atoms with Gasteiger partial charge >= 0.3 is 0 Å². The molecule has 1 aliphatic rings. The molecule has 0 heterocycles. The quantitative estimate of drug-likeness (QED) is 0.470. The standard InChI is InChI=1S/C29H40F2N2O2/c1-19-8-7-11-29(17-19,23-10-6-9-22(15-23)28(3,4)5)32-18-27(35)26(33-20(2)34)14-21-12-24(30)16-25(31)13-21/h6,9-10,12-13,15-16,19,26-27,32,35H,7-8,11,14,17-18H2,1-5H3,(H,33,34)/t19?,26-,27+,29?/m0/s1. The van der Waals surface area contributed by atoms with Gasteiger partial charge in [-0.05, 0) is 59.4 Å². The number of aliphatic hydroxyl groups excluding tert-OH is 1. The number of amides is 1. The summed E-state index contributed by atoms with van der Waals surface area (Å²) in [6.45, 7) is 10.5. The largest absolute Gasteiger partial charge is 0.390 e. The van der Waals surface area contributed by atoms with E-state index in [-0.39, 0.29) is 29.8 Å². The number of hydrogen-bond acceptors (Lipinski definition) is 3. The molecule has 2 aromatic rings. The molecule has 6 heteroatoms. The predicted molar refractivity (Wildman–Crippen MR) is 136 cm³/mol. The molecule has 1 saturated carbocycles. The minimum Gasteiger partial charge on any atom is -0.390 e. The van der Waals surface area contributed by atoms with Crippen LogP contribution in [0.1, 0.15) is 77.0 Å². The summed E-state index contributed by atoms with van der Waals surface area (Å²) in [4.78, 5) is 11.9. The summed E-state index contributed by atoms with van der Waals surface area (Å²) in [6, 6.07) is 11.3. The molecule has 35 heavy (non-hydrogen) atoms. The summed E-state index contributed by atoms with van der Waals surface area (Å²) in [6.07, 6.45) is 3.35. The SMILES string of the molecule is CC(=O)N[C@@H](Cc1cc(F)cc(F)c1)[C@H](O)CNC1(c2cccc(C(C)(C)C)c2)CCCC(C)C1. The van der Waals surface area contributed by atoms with Crippen molar-refractivity contribution >= 4 is 5.91 Å². The van der Waals surface area contributed by atoms with Crippen LogP contribution < -0.4 is 10.6 Å². The fourth-order valence-corrected chi connectivity index (χ4v) is 5.33. The van der Waals surface area contributed by atoms with E-state index in [9.17, 15) is 18.7 Å². The van der Waals surface area contributed by atoms with Crippen molar-refractivity contribution in [1.82, 2.24) is 10.6 Å². The highest BCUT2D eigenvalue weighted by Gasteiger charge is 2.37. The summed E-state index contributed by atoms with van der Waals surface area (Å²) in [5.74, 6) is -1.12. The number of hydrogen-bond donors (Lipinski definition) is 3. The van der Waals surface area contributed by atoms with E-state index in [1.54, 1.807) is 0 Å². The molecule has 4 atom stereocenters. The van der Waals surface area contributed by atoms with Gasteiger partial charge in [0, 0.05) is 25.1 Å². The van der Waals surface area contributed by atoms with Crippen LogP contribution in [0, 0.1) is 17.6 Å². The van der Waals surface area contributed by atoms with E-state index in [4.69, 9.17) is 0 Å². The Labute approximate surface area is 208 Å². The average molecular weight is 487 g/mol. The third-order valence-corrected chi connectivity index (χ3v) is 7.16. The Balaban J connectivity index is 1.84. The molecule has 192 valence electrons. The van der Waals surface area contributed by atoms with Crippen molar-refractivity contribution in [3.63, 3.8) is 0 Å². The molecule has 0 bridgehead atoms. The fourth-order valence-electron chi connectivity index (χ4n) is 5.33. The first kappa shape index (κ1) is 27.3. The number of benzene rings is 2. The highest BCUT2D eigenvalue weighted by Crippen LogP contribution is 2.41. The summed E-state index contributed by atoms with van der Waals surface area (Å²) >= 11 is 0. The van der Waals surface area contributed by atoms with E-state index in [1.165, 1.54) is 36.6 Å². The number of carbonyl (C=O) groups is 1. The van der Waals surface area contributed by atoms with Crippen LogP contribution in [0.25, 0.3) is 0 Å². The minimum atomic E-state index is -0.940. The molecule has 0 aliphatic heterocycles. The zero-order valence-electron chi connectivity index (χ0n) is 21.6. The van der Waals surface area contributed by atoms with Gasteiger partial charge in [-0.1, -0.05) is 64.8 Å². The maximum atomic E-state index is 13.7. The van der Waals surface area contributed by atoms with E-state index < -0.39 is 23.8 Å². The van der Waals surface area contributed by atoms with Gasteiger partial charge < -0.3 is 15.7 Å². The monoisotopic (exact) mass is 486 g/mol. The van der Waals surface area contributed by atoms with Crippen molar-refractivity contribution in [3.8, 4) is 0 Å². The van der Waals surface area contributed by atoms with Crippen LogP contribution in [0.5, 0.6) is 0 Å². The van der Waals surface area contributed by atoms with Crippen molar-refractivity contribution in [3.05, 3.63) is 70.8 Å². The molecule has 2 unspecified atom stereocenters. The molecule has 1 amide bonds. The molecule has 0 aromatic heterocycles. The van der Waals surface area contributed by atoms with Gasteiger partial charge in [0.2, 0.25) is 5.91 Å². The Hall–Kier alpha value is -2.31. The van der Waals surface area contributed by atoms with Crippen LogP contribution in [0.3, 0.4) is 0 Å². The van der Waals surface area contributed by atoms with Crippen molar-refractivity contribution in [2.75, 3.05) is 6.54 Å². The Morgan fingerprint density at radius 2 is 1.86 bits per heavy atom. The first-order valence-corrected chi connectivity index (χ1v) is 12.6. The van der Waals surface area contributed by atoms with Gasteiger partial charge in [0.25, 0.3) is 0 Å². The maximum absolute atomic E-state index is 13.7. The van der Waals surface area contributed by atoms with Crippen molar-refractivity contribution in [2.24, 2.45) is 5.92 Å². The number of aliphatic hydroxyl groups is 1. The first-order valence-electron chi connectivity index (χ1n) is 12.6. The van der Waals surface area contributed by atoms with E-state index in [0.29, 0.717) is 11.5 Å². The zero-order valence-corrected chi connectivity index (χ0v) is 21.6. The molecule has 0 spiro atoms. The minimum absolute atomic E-state index is 0.0216. The molecule has 3 rings (SSSR count). The van der Waals surface area contributed by atoms with Crippen LogP contribution in [-0.2, 0) is 22.2 Å². The molecule has 0 saturated heterocycles.